The summed E-state index contributed by atoms with van der Waals surface area (Å²) in [6.45, 7) is 8.79. The minimum absolute atomic E-state index is 0.304. The molecule has 3 N–H and O–H groups in total. The summed E-state index contributed by atoms with van der Waals surface area (Å²) in [6, 6.07) is 3.02. The van der Waals surface area contributed by atoms with Crippen molar-refractivity contribution >= 4 is 5.69 Å². The zero-order chi connectivity index (χ0) is 13.3. The lowest BCUT2D eigenvalue weighted by atomic mass is 9.89. The molecule has 1 aliphatic rings. The summed E-state index contributed by atoms with van der Waals surface area (Å²) in [4.78, 5) is 0. The first kappa shape index (κ1) is 13.4. The van der Waals surface area contributed by atoms with E-state index in [9.17, 15) is 0 Å². The van der Waals surface area contributed by atoms with Crippen LogP contribution < -0.4 is 11.1 Å². The van der Waals surface area contributed by atoms with Gasteiger partial charge < -0.3 is 11.1 Å². The third-order valence-corrected chi connectivity index (χ3v) is 4.52. The van der Waals surface area contributed by atoms with Crippen LogP contribution in [0.3, 0.4) is 0 Å². The monoisotopic (exact) mass is 246 g/mol. The Balaban J connectivity index is 2.28. The molecule has 2 unspecified atom stereocenters. The molecule has 18 heavy (non-hydrogen) atoms. The van der Waals surface area contributed by atoms with Crippen molar-refractivity contribution in [2.24, 2.45) is 5.73 Å². The topological polar surface area (TPSA) is 38.0 Å². The van der Waals surface area contributed by atoms with E-state index >= 15 is 0 Å². The Labute approximate surface area is 111 Å². The first-order chi connectivity index (χ1) is 8.50. The van der Waals surface area contributed by atoms with Gasteiger partial charge in [0.05, 0.1) is 0 Å². The summed E-state index contributed by atoms with van der Waals surface area (Å²) >= 11 is 0. The van der Waals surface area contributed by atoms with Crippen molar-refractivity contribution < 1.29 is 0 Å². The minimum Gasteiger partial charge on any atom is -0.380 e. The van der Waals surface area contributed by atoms with E-state index in [1.807, 2.05) is 0 Å². The number of aryl methyl sites for hydroxylation is 2. The van der Waals surface area contributed by atoms with Gasteiger partial charge >= 0.3 is 0 Å². The molecule has 2 heteroatoms. The van der Waals surface area contributed by atoms with E-state index in [0.717, 1.165) is 6.42 Å². The predicted octanol–water partition coefficient (Wildman–Crippen LogP) is 3.60. The van der Waals surface area contributed by atoms with E-state index in [1.54, 1.807) is 0 Å². The van der Waals surface area contributed by atoms with Gasteiger partial charge in [-0.25, -0.2) is 0 Å². The quantitative estimate of drug-likeness (QED) is 0.836. The van der Waals surface area contributed by atoms with Gasteiger partial charge in [-0.1, -0.05) is 18.9 Å². The van der Waals surface area contributed by atoms with Crippen LogP contribution in [-0.2, 0) is 0 Å². The lowest BCUT2D eigenvalue weighted by Crippen LogP contribution is -2.42. The maximum atomic E-state index is 6.24. The smallest absolute Gasteiger partial charge is 0.0412 e. The van der Waals surface area contributed by atoms with Crippen molar-refractivity contribution in [1.82, 2.24) is 0 Å². The van der Waals surface area contributed by atoms with E-state index in [4.69, 9.17) is 5.73 Å². The molecule has 0 aliphatic heterocycles. The molecular weight excluding hydrogens is 220 g/mol. The number of nitrogens with one attached hydrogen (secondary N) is 1. The SMILES string of the molecule is Cc1cc(C)c(C)c(NC2CCCCC2N)c1C. The lowest BCUT2D eigenvalue weighted by molar-refractivity contribution is 0.404. The molecule has 0 bridgehead atoms. The summed E-state index contributed by atoms with van der Waals surface area (Å²) in [5, 5.41) is 3.72. The highest BCUT2D eigenvalue weighted by molar-refractivity contribution is 5.62. The Morgan fingerprint density at radius 3 is 2.11 bits per heavy atom. The molecule has 1 fully saturated rings. The number of nitrogens with two attached hydrogens (primary N) is 1. The van der Waals surface area contributed by atoms with Gasteiger partial charge in [0, 0.05) is 17.8 Å². The van der Waals surface area contributed by atoms with Crippen molar-refractivity contribution in [2.45, 2.75) is 65.5 Å². The van der Waals surface area contributed by atoms with Crippen molar-refractivity contribution in [2.75, 3.05) is 5.32 Å². The van der Waals surface area contributed by atoms with Crippen molar-refractivity contribution in [1.29, 1.82) is 0 Å². The van der Waals surface area contributed by atoms with Gasteiger partial charge in [0.25, 0.3) is 0 Å². The fourth-order valence-corrected chi connectivity index (χ4v) is 2.96. The van der Waals surface area contributed by atoms with Gasteiger partial charge in [-0.15, -0.1) is 0 Å². The zero-order valence-corrected chi connectivity index (χ0v) is 12.1. The van der Waals surface area contributed by atoms with Gasteiger partial charge in [0.1, 0.15) is 0 Å². The van der Waals surface area contributed by atoms with E-state index in [2.05, 4.69) is 39.1 Å². The van der Waals surface area contributed by atoms with Crippen LogP contribution in [0.15, 0.2) is 6.07 Å². The first-order valence-electron chi connectivity index (χ1n) is 7.10. The Hall–Kier alpha value is -1.02. The van der Waals surface area contributed by atoms with E-state index in [0.29, 0.717) is 12.1 Å². The number of rotatable bonds is 2. The molecule has 0 radical (unpaired) electrons. The summed E-state index contributed by atoms with van der Waals surface area (Å²) in [7, 11) is 0. The number of anilines is 1. The summed E-state index contributed by atoms with van der Waals surface area (Å²) < 4.78 is 0. The van der Waals surface area contributed by atoms with Gasteiger partial charge in [0.2, 0.25) is 0 Å². The number of hydrogen-bond donors (Lipinski definition) is 2. The highest BCUT2D eigenvalue weighted by atomic mass is 15.0. The lowest BCUT2D eigenvalue weighted by Gasteiger charge is -2.32. The third-order valence-electron chi connectivity index (χ3n) is 4.52. The highest BCUT2D eigenvalue weighted by Gasteiger charge is 2.22. The molecule has 2 nitrogen and oxygen atoms in total. The molecule has 1 aromatic carbocycles. The van der Waals surface area contributed by atoms with Crippen LogP contribution >= 0.6 is 0 Å². The molecule has 0 amide bonds. The maximum absolute atomic E-state index is 6.24. The largest absolute Gasteiger partial charge is 0.380 e. The summed E-state index contributed by atoms with van der Waals surface area (Å²) in [6.07, 6.45) is 4.94. The molecule has 0 spiro atoms. The Kier molecular flexibility index (Phi) is 3.96. The highest BCUT2D eigenvalue weighted by Crippen LogP contribution is 2.29. The molecule has 0 aromatic heterocycles. The second-order valence-electron chi connectivity index (χ2n) is 5.83. The van der Waals surface area contributed by atoms with E-state index in [1.165, 1.54) is 47.2 Å². The number of hydrogen-bond acceptors (Lipinski definition) is 2. The molecule has 0 saturated heterocycles. The second-order valence-corrected chi connectivity index (χ2v) is 5.83. The fraction of sp³-hybridized carbons (Fsp3) is 0.625. The Bertz CT molecular complexity index is 411. The van der Waals surface area contributed by atoms with Crippen LogP contribution in [0, 0.1) is 27.7 Å². The Morgan fingerprint density at radius 1 is 1.00 bits per heavy atom. The zero-order valence-electron chi connectivity index (χ0n) is 12.1. The van der Waals surface area contributed by atoms with Gasteiger partial charge in [-0.3, -0.25) is 0 Å². The second kappa shape index (κ2) is 5.31. The fourth-order valence-electron chi connectivity index (χ4n) is 2.96. The van der Waals surface area contributed by atoms with E-state index < -0.39 is 0 Å². The molecule has 1 aliphatic carbocycles. The number of benzene rings is 1. The van der Waals surface area contributed by atoms with Crippen LogP contribution in [-0.4, -0.2) is 12.1 Å². The van der Waals surface area contributed by atoms with Gasteiger partial charge in [0.15, 0.2) is 0 Å². The van der Waals surface area contributed by atoms with Crippen molar-refractivity contribution in [3.63, 3.8) is 0 Å². The summed E-state index contributed by atoms with van der Waals surface area (Å²) in [5.41, 5.74) is 13.0. The standard InChI is InChI=1S/C16H26N2/c1-10-9-11(2)13(4)16(12(10)3)18-15-8-6-5-7-14(15)17/h9,14-15,18H,5-8,17H2,1-4H3. The third kappa shape index (κ3) is 2.54. The maximum Gasteiger partial charge on any atom is 0.0412 e. The normalized spacial score (nSPS) is 24.1. The van der Waals surface area contributed by atoms with E-state index in [-0.39, 0.29) is 0 Å². The molecule has 1 saturated carbocycles. The van der Waals surface area contributed by atoms with Crippen LogP contribution in [0.4, 0.5) is 5.69 Å². The summed E-state index contributed by atoms with van der Waals surface area (Å²) in [5.74, 6) is 0. The Morgan fingerprint density at radius 2 is 1.56 bits per heavy atom. The van der Waals surface area contributed by atoms with Crippen molar-refractivity contribution in [3.05, 3.63) is 28.3 Å². The molecular formula is C16H26N2. The molecule has 0 heterocycles. The van der Waals surface area contributed by atoms with Crippen LogP contribution in [0.1, 0.15) is 47.9 Å². The average Bonchev–Trinajstić information content (AvgIpc) is 2.34. The van der Waals surface area contributed by atoms with Crippen LogP contribution in [0.5, 0.6) is 0 Å². The van der Waals surface area contributed by atoms with Gasteiger partial charge in [-0.05, 0) is 62.8 Å². The minimum atomic E-state index is 0.304. The van der Waals surface area contributed by atoms with Crippen molar-refractivity contribution in [3.8, 4) is 0 Å². The molecule has 100 valence electrons. The van der Waals surface area contributed by atoms with Crippen LogP contribution in [0.2, 0.25) is 0 Å². The first-order valence-corrected chi connectivity index (χ1v) is 7.10. The van der Waals surface area contributed by atoms with Gasteiger partial charge in [-0.2, -0.15) is 0 Å². The molecule has 1 aromatic rings. The predicted molar refractivity (Wildman–Crippen MR) is 79.2 cm³/mol. The van der Waals surface area contributed by atoms with Crippen LogP contribution in [0.25, 0.3) is 0 Å². The molecule has 2 atom stereocenters. The molecule has 2 rings (SSSR count). The average molecular weight is 246 g/mol.